The molecular weight excluding hydrogens is 244 g/mol. The zero-order valence-electron chi connectivity index (χ0n) is 13.9. The van der Waals surface area contributed by atoms with Crippen molar-refractivity contribution >= 4 is 0 Å². The van der Waals surface area contributed by atoms with Crippen molar-refractivity contribution < 1.29 is 0 Å². The zero-order valence-corrected chi connectivity index (χ0v) is 13.9. The van der Waals surface area contributed by atoms with E-state index in [0.717, 1.165) is 18.5 Å². The van der Waals surface area contributed by atoms with E-state index in [1.165, 1.54) is 77.2 Å². The summed E-state index contributed by atoms with van der Waals surface area (Å²) >= 11 is 0. The minimum Gasteiger partial charge on any atom is -0.329 e. The summed E-state index contributed by atoms with van der Waals surface area (Å²) in [6.07, 6.45) is 15.4. The fourth-order valence-corrected chi connectivity index (χ4v) is 4.59. The molecule has 118 valence electrons. The molecule has 2 heteroatoms. The maximum Gasteiger partial charge on any atom is 0.0306 e. The van der Waals surface area contributed by atoms with Crippen LogP contribution < -0.4 is 5.73 Å². The van der Waals surface area contributed by atoms with E-state index >= 15 is 0 Å². The van der Waals surface area contributed by atoms with Crippen molar-refractivity contribution in [2.24, 2.45) is 11.7 Å². The number of rotatable bonds is 7. The molecule has 2 nitrogen and oxygen atoms in total. The molecule has 0 aromatic carbocycles. The molecule has 0 radical (unpaired) electrons. The molecular formula is C18H36N2. The van der Waals surface area contributed by atoms with Gasteiger partial charge in [0.15, 0.2) is 0 Å². The summed E-state index contributed by atoms with van der Waals surface area (Å²) in [6, 6.07) is 0.845. The first-order chi connectivity index (χ1) is 9.71. The van der Waals surface area contributed by atoms with E-state index in [0.29, 0.717) is 0 Å². The highest BCUT2D eigenvalue weighted by Crippen LogP contribution is 2.39. The van der Waals surface area contributed by atoms with Crippen molar-refractivity contribution in [2.45, 2.75) is 96.1 Å². The first kappa shape index (κ1) is 16.3. The van der Waals surface area contributed by atoms with Gasteiger partial charge < -0.3 is 5.73 Å². The molecule has 0 amide bonds. The average Bonchev–Trinajstić information content (AvgIpc) is 2.51. The van der Waals surface area contributed by atoms with E-state index in [1.54, 1.807) is 0 Å². The maximum atomic E-state index is 6.23. The second-order valence-electron chi connectivity index (χ2n) is 7.46. The van der Waals surface area contributed by atoms with Crippen LogP contribution in [0.4, 0.5) is 0 Å². The quantitative estimate of drug-likeness (QED) is 0.703. The van der Waals surface area contributed by atoms with Crippen molar-refractivity contribution in [3.8, 4) is 0 Å². The summed E-state index contributed by atoms with van der Waals surface area (Å²) in [7, 11) is 0. The van der Waals surface area contributed by atoms with Crippen molar-refractivity contribution in [1.29, 1.82) is 0 Å². The molecule has 0 aromatic rings. The van der Waals surface area contributed by atoms with Crippen LogP contribution in [0.5, 0.6) is 0 Å². The van der Waals surface area contributed by atoms with Crippen LogP contribution in [0.2, 0.25) is 0 Å². The van der Waals surface area contributed by atoms with E-state index < -0.39 is 0 Å². The smallest absolute Gasteiger partial charge is 0.0306 e. The highest BCUT2D eigenvalue weighted by atomic mass is 15.2. The molecule has 2 aliphatic rings. The Balaban J connectivity index is 1.96. The van der Waals surface area contributed by atoms with Crippen LogP contribution in [0.1, 0.15) is 84.5 Å². The second-order valence-corrected chi connectivity index (χ2v) is 7.46. The van der Waals surface area contributed by atoms with E-state index in [2.05, 4.69) is 18.7 Å². The van der Waals surface area contributed by atoms with Gasteiger partial charge in [-0.05, 0) is 51.5 Å². The molecule has 2 N–H and O–H groups in total. The van der Waals surface area contributed by atoms with Gasteiger partial charge in [-0.1, -0.05) is 45.4 Å². The van der Waals surface area contributed by atoms with Crippen molar-refractivity contribution in [2.75, 3.05) is 13.1 Å². The van der Waals surface area contributed by atoms with Gasteiger partial charge >= 0.3 is 0 Å². The Morgan fingerprint density at radius 1 is 1.05 bits per heavy atom. The summed E-state index contributed by atoms with van der Waals surface area (Å²) in [5.41, 5.74) is 6.49. The van der Waals surface area contributed by atoms with Gasteiger partial charge in [-0.15, -0.1) is 0 Å². The third kappa shape index (κ3) is 3.76. The number of nitrogens with zero attached hydrogens (tertiary/aromatic N) is 1. The van der Waals surface area contributed by atoms with Crippen LogP contribution in [0.3, 0.4) is 0 Å². The van der Waals surface area contributed by atoms with Crippen molar-refractivity contribution in [3.63, 3.8) is 0 Å². The number of piperidine rings is 1. The summed E-state index contributed by atoms with van der Waals surface area (Å²) in [6.45, 7) is 6.86. The van der Waals surface area contributed by atoms with Crippen LogP contribution in [0.15, 0.2) is 0 Å². The maximum absolute atomic E-state index is 6.23. The van der Waals surface area contributed by atoms with Gasteiger partial charge in [0.1, 0.15) is 0 Å². The Kier molecular flexibility index (Phi) is 6.35. The minimum atomic E-state index is 0.258. The number of nitrogens with two attached hydrogens (primary N) is 1. The Bertz CT molecular complexity index is 277. The summed E-state index contributed by atoms with van der Waals surface area (Å²) < 4.78 is 0. The highest BCUT2D eigenvalue weighted by molar-refractivity contribution is 4.97. The molecule has 1 aliphatic heterocycles. The molecule has 20 heavy (non-hydrogen) atoms. The minimum absolute atomic E-state index is 0.258. The second kappa shape index (κ2) is 7.79. The van der Waals surface area contributed by atoms with E-state index in [-0.39, 0.29) is 5.54 Å². The van der Waals surface area contributed by atoms with Gasteiger partial charge in [0.05, 0.1) is 0 Å². The molecule has 1 saturated carbocycles. The largest absolute Gasteiger partial charge is 0.329 e. The van der Waals surface area contributed by atoms with Gasteiger partial charge in [0.2, 0.25) is 0 Å². The van der Waals surface area contributed by atoms with Gasteiger partial charge in [0.25, 0.3) is 0 Å². The van der Waals surface area contributed by atoms with Crippen molar-refractivity contribution in [3.05, 3.63) is 0 Å². The van der Waals surface area contributed by atoms with Gasteiger partial charge in [-0.3, -0.25) is 4.90 Å². The van der Waals surface area contributed by atoms with Crippen LogP contribution in [0, 0.1) is 5.92 Å². The lowest BCUT2D eigenvalue weighted by molar-refractivity contribution is -0.0221. The highest BCUT2D eigenvalue weighted by Gasteiger charge is 2.41. The number of hydrogen-bond donors (Lipinski definition) is 1. The van der Waals surface area contributed by atoms with E-state index in [1.807, 2.05) is 0 Å². The molecule has 0 bridgehead atoms. The molecule has 1 saturated heterocycles. The lowest BCUT2D eigenvalue weighted by atomic mass is 9.75. The molecule has 0 aromatic heterocycles. The number of fused-ring (bicyclic) bond motifs is 1. The number of unbranched alkanes of at least 4 members (excludes halogenated alkanes) is 3. The van der Waals surface area contributed by atoms with Crippen molar-refractivity contribution in [1.82, 2.24) is 4.90 Å². The van der Waals surface area contributed by atoms with Gasteiger partial charge in [-0.25, -0.2) is 0 Å². The molecule has 1 unspecified atom stereocenters. The normalized spacial score (nSPS) is 30.8. The van der Waals surface area contributed by atoms with Crippen LogP contribution in [0.25, 0.3) is 0 Å². The Morgan fingerprint density at radius 2 is 1.80 bits per heavy atom. The predicted octanol–water partition coefficient (Wildman–Crippen LogP) is 4.33. The fourth-order valence-electron chi connectivity index (χ4n) is 4.59. The first-order valence-corrected chi connectivity index (χ1v) is 9.18. The van der Waals surface area contributed by atoms with E-state index in [4.69, 9.17) is 5.73 Å². The van der Waals surface area contributed by atoms with Gasteiger partial charge in [-0.2, -0.15) is 0 Å². The Hall–Kier alpha value is -0.0800. The van der Waals surface area contributed by atoms with Crippen LogP contribution in [-0.2, 0) is 0 Å². The third-order valence-corrected chi connectivity index (χ3v) is 5.95. The number of likely N-dealkylation sites (tertiary alicyclic amines) is 1. The topological polar surface area (TPSA) is 29.3 Å². The SMILES string of the molecule is CCCCCCC(C)(CN)N1CCC[C@H]2CCCC[C@H]21. The lowest BCUT2D eigenvalue weighted by Crippen LogP contribution is -2.60. The molecule has 2 fully saturated rings. The molecule has 1 aliphatic carbocycles. The Morgan fingerprint density at radius 3 is 2.55 bits per heavy atom. The fraction of sp³-hybridized carbons (Fsp3) is 1.00. The molecule has 0 spiro atoms. The van der Waals surface area contributed by atoms with Crippen LogP contribution >= 0.6 is 0 Å². The lowest BCUT2D eigenvalue weighted by Gasteiger charge is -2.52. The Labute approximate surface area is 126 Å². The average molecular weight is 280 g/mol. The first-order valence-electron chi connectivity index (χ1n) is 9.18. The molecule has 1 heterocycles. The monoisotopic (exact) mass is 280 g/mol. The summed E-state index contributed by atoms with van der Waals surface area (Å²) in [5.74, 6) is 0.971. The van der Waals surface area contributed by atoms with E-state index in [9.17, 15) is 0 Å². The van der Waals surface area contributed by atoms with Gasteiger partial charge in [0, 0.05) is 18.1 Å². The zero-order chi connectivity index (χ0) is 14.4. The third-order valence-electron chi connectivity index (χ3n) is 5.95. The van der Waals surface area contributed by atoms with Crippen LogP contribution in [-0.4, -0.2) is 29.6 Å². The summed E-state index contributed by atoms with van der Waals surface area (Å²) in [5, 5.41) is 0. The predicted molar refractivity (Wildman–Crippen MR) is 87.9 cm³/mol. The number of hydrogen-bond acceptors (Lipinski definition) is 2. The molecule has 3 atom stereocenters. The molecule has 2 rings (SSSR count). The standard InChI is InChI=1S/C18H36N2/c1-3-4-5-8-13-18(2,15-19)20-14-9-11-16-10-6-7-12-17(16)20/h16-17H,3-15,19H2,1-2H3/t16-,17-,18?/m1/s1. The summed E-state index contributed by atoms with van der Waals surface area (Å²) in [4.78, 5) is 2.84.